The maximum atomic E-state index is 12.8. The van der Waals surface area contributed by atoms with E-state index < -0.39 is 5.76 Å². The van der Waals surface area contributed by atoms with Crippen LogP contribution in [0, 0.1) is 3.57 Å². The zero-order valence-electron chi connectivity index (χ0n) is 17.2. The van der Waals surface area contributed by atoms with Crippen molar-refractivity contribution in [1.29, 1.82) is 0 Å². The number of fused-ring (bicyclic) bond motifs is 2. The highest BCUT2D eigenvalue weighted by atomic mass is 127. The fraction of sp³-hybridized carbons (Fsp3) is 0.261. The molecular formula is C23H21IN4O4. The molecule has 32 heavy (non-hydrogen) atoms. The first kappa shape index (κ1) is 20.8. The number of aromatic amines is 1. The van der Waals surface area contributed by atoms with Gasteiger partial charge in [-0.2, -0.15) is 0 Å². The van der Waals surface area contributed by atoms with Crippen molar-refractivity contribution in [2.45, 2.75) is 25.8 Å². The second kappa shape index (κ2) is 8.45. The Morgan fingerprint density at radius 3 is 2.69 bits per heavy atom. The van der Waals surface area contributed by atoms with E-state index in [2.05, 4.69) is 32.9 Å². The minimum Gasteiger partial charge on any atom is -0.408 e. The van der Waals surface area contributed by atoms with Crippen molar-refractivity contribution >= 4 is 62.1 Å². The summed E-state index contributed by atoms with van der Waals surface area (Å²) in [5, 5.41) is 3.81. The fourth-order valence-corrected chi connectivity index (χ4v) is 4.61. The van der Waals surface area contributed by atoms with Crippen molar-refractivity contribution < 1.29 is 14.0 Å². The summed E-state index contributed by atoms with van der Waals surface area (Å²) in [7, 11) is 0. The van der Waals surface area contributed by atoms with Gasteiger partial charge in [-0.05, 0) is 84.3 Å². The topological polar surface area (TPSA) is 100 Å². The van der Waals surface area contributed by atoms with Gasteiger partial charge in [0.15, 0.2) is 5.58 Å². The summed E-state index contributed by atoms with van der Waals surface area (Å²) in [6, 6.07) is 12.7. The molecule has 9 heteroatoms. The number of rotatable bonds is 4. The number of nitrogens with one attached hydrogen (secondary N) is 2. The van der Waals surface area contributed by atoms with Gasteiger partial charge in [0, 0.05) is 33.3 Å². The molecule has 2 aromatic carbocycles. The van der Waals surface area contributed by atoms with E-state index in [0.717, 1.165) is 33.7 Å². The molecule has 0 unspecified atom stereocenters. The number of carbonyl (C=O) groups is 2. The Bertz CT molecular complexity index is 1390. The second-order valence-electron chi connectivity index (χ2n) is 7.95. The molecule has 4 aromatic rings. The van der Waals surface area contributed by atoms with Gasteiger partial charge in [0.05, 0.1) is 5.52 Å². The first-order chi connectivity index (χ1) is 15.5. The lowest BCUT2D eigenvalue weighted by Crippen LogP contribution is -2.39. The molecule has 5 rings (SSSR count). The molecule has 0 atom stereocenters. The minimum atomic E-state index is -0.584. The molecule has 1 aliphatic rings. The lowest BCUT2D eigenvalue weighted by Gasteiger charge is -2.26. The van der Waals surface area contributed by atoms with E-state index in [4.69, 9.17) is 4.42 Å². The van der Waals surface area contributed by atoms with Gasteiger partial charge in [-0.25, -0.2) is 4.79 Å². The molecular weight excluding hydrogens is 523 g/mol. The highest BCUT2D eigenvalue weighted by molar-refractivity contribution is 14.1. The van der Waals surface area contributed by atoms with E-state index >= 15 is 0 Å². The van der Waals surface area contributed by atoms with Gasteiger partial charge in [-0.3, -0.25) is 14.2 Å². The Morgan fingerprint density at radius 1 is 1.06 bits per heavy atom. The van der Waals surface area contributed by atoms with Crippen LogP contribution in [0.25, 0.3) is 22.0 Å². The second-order valence-corrected chi connectivity index (χ2v) is 9.19. The number of H-pyrrole nitrogens is 1. The highest BCUT2D eigenvalue weighted by Gasteiger charge is 2.20. The largest absolute Gasteiger partial charge is 0.420 e. The molecule has 8 nitrogen and oxygen atoms in total. The molecule has 2 aromatic heterocycles. The third-order valence-electron chi connectivity index (χ3n) is 5.75. The van der Waals surface area contributed by atoms with Crippen LogP contribution in [0.1, 0.15) is 29.8 Å². The average molecular weight is 544 g/mol. The summed E-state index contributed by atoms with van der Waals surface area (Å²) < 4.78 is 7.71. The maximum absolute atomic E-state index is 12.8. The van der Waals surface area contributed by atoms with E-state index in [1.165, 1.54) is 4.57 Å². The monoisotopic (exact) mass is 544 g/mol. The first-order valence-electron chi connectivity index (χ1n) is 10.5. The number of oxazole rings is 1. The van der Waals surface area contributed by atoms with E-state index in [9.17, 15) is 14.4 Å². The van der Waals surface area contributed by atoms with Gasteiger partial charge in [0.25, 0.3) is 5.91 Å². The number of piperidine rings is 1. The van der Waals surface area contributed by atoms with E-state index in [0.29, 0.717) is 35.6 Å². The van der Waals surface area contributed by atoms with Crippen LogP contribution in [0.4, 0.5) is 5.69 Å². The van der Waals surface area contributed by atoms with Crippen LogP contribution in [0.2, 0.25) is 0 Å². The number of halogens is 1. The summed E-state index contributed by atoms with van der Waals surface area (Å²) in [6.45, 7) is 1.35. The van der Waals surface area contributed by atoms with E-state index in [1.54, 1.807) is 29.2 Å². The minimum absolute atomic E-state index is 0.0795. The summed E-state index contributed by atoms with van der Waals surface area (Å²) in [5.41, 5.74) is 2.68. The summed E-state index contributed by atoms with van der Waals surface area (Å²) in [5.74, 6) is -0.979. The fourth-order valence-electron chi connectivity index (χ4n) is 4.09. The Hall–Kier alpha value is -3.08. The molecule has 3 heterocycles. The van der Waals surface area contributed by atoms with Gasteiger partial charge >= 0.3 is 5.76 Å². The van der Waals surface area contributed by atoms with Gasteiger partial charge < -0.3 is 19.6 Å². The van der Waals surface area contributed by atoms with Gasteiger partial charge in [0.1, 0.15) is 12.2 Å². The predicted octanol–water partition coefficient (Wildman–Crippen LogP) is 3.95. The van der Waals surface area contributed by atoms with Crippen LogP contribution in [-0.4, -0.2) is 39.4 Å². The number of hydrogen-bond acceptors (Lipinski definition) is 4. The van der Waals surface area contributed by atoms with Gasteiger partial charge in [-0.1, -0.05) is 0 Å². The molecule has 0 radical (unpaired) electrons. The van der Waals surface area contributed by atoms with Crippen LogP contribution in [0.15, 0.2) is 51.7 Å². The molecule has 0 spiro atoms. The van der Waals surface area contributed by atoms with Gasteiger partial charge in [-0.15, -0.1) is 0 Å². The van der Waals surface area contributed by atoms with E-state index in [-0.39, 0.29) is 18.4 Å². The number of likely N-dealkylation sites (tertiary alicyclic amines) is 1. The Kier molecular flexibility index (Phi) is 5.50. The van der Waals surface area contributed by atoms with Crippen molar-refractivity contribution in [3.63, 3.8) is 0 Å². The zero-order valence-corrected chi connectivity index (χ0v) is 19.3. The van der Waals surface area contributed by atoms with Crippen molar-refractivity contribution in [1.82, 2.24) is 14.5 Å². The molecule has 2 N–H and O–H groups in total. The standard InChI is InChI=1S/C23H21IN4O4/c24-15-4-6-17-14(10-15)11-18(26-17)22(30)25-16-5-7-20-19(12-16)28(23(31)32-20)13-21(29)27-8-2-1-3-9-27/h4-7,10-12,26H,1-3,8-9,13H2,(H,25,30). The SMILES string of the molecule is O=C(Nc1ccc2oc(=O)n(CC(=O)N3CCCCC3)c2c1)c1cc2cc(I)ccc2[nH]1. The smallest absolute Gasteiger partial charge is 0.408 e. The Morgan fingerprint density at radius 2 is 1.88 bits per heavy atom. The maximum Gasteiger partial charge on any atom is 0.420 e. The number of amides is 2. The normalized spacial score (nSPS) is 14.2. The Balaban J connectivity index is 1.39. The summed E-state index contributed by atoms with van der Waals surface area (Å²) in [4.78, 5) is 42.7. The molecule has 1 aliphatic heterocycles. The lowest BCUT2D eigenvalue weighted by molar-refractivity contribution is -0.132. The average Bonchev–Trinajstić information content (AvgIpc) is 3.35. The first-order valence-corrected chi connectivity index (χ1v) is 11.6. The van der Waals surface area contributed by atoms with Crippen LogP contribution in [-0.2, 0) is 11.3 Å². The quantitative estimate of drug-likeness (QED) is 0.380. The van der Waals surface area contributed by atoms with Crippen LogP contribution in [0.5, 0.6) is 0 Å². The zero-order chi connectivity index (χ0) is 22.2. The molecule has 2 amide bonds. The molecule has 0 saturated carbocycles. The third-order valence-corrected chi connectivity index (χ3v) is 6.43. The van der Waals surface area contributed by atoms with Crippen LogP contribution in [0.3, 0.4) is 0 Å². The number of aromatic nitrogens is 2. The van der Waals surface area contributed by atoms with Crippen molar-refractivity contribution in [3.05, 3.63) is 62.3 Å². The Labute approximate surface area is 196 Å². The van der Waals surface area contributed by atoms with E-state index in [1.807, 2.05) is 18.2 Å². The van der Waals surface area contributed by atoms with Crippen LogP contribution >= 0.6 is 22.6 Å². The number of nitrogens with zero attached hydrogens (tertiary/aromatic N) is 2. The van der Waals surface area contributed by atoms with Crippen molar-refractivity contribution in [3.8, 4) is 0 Å². The number of carbonyl (C=O) groups excluding carboxylic acids is 2. The van der Waals surface area contributed by atoms with Crippen LogP contribution < -0.4 is 11.1 Å². The number of hydrogen-bond donors (Lipinski definition) is 2. The molecule has 164 valence electrons. The highest BCUT2D eigenvalue weighted by Crippen LogP contribution is 2.22. The van der Waals surface area contributed by atoms with Crippen molar-refractivity contribution in [2.75, 3.05) is 18.4 Å². The molecule has 0 bridgehead atoms. The molecule has 0 aliphatic carbocycles. The number of anilines is 1. The predicted molar refractivity (Wildman–Crippen MR) is 130 cm³/mol. The lowest BCUT2D eigenvalue weighted by atomic mass is 10.1. The van der Waals surface area contributed by atoms with Gasteiger partial charge in [0.2, 0.25) is 5.91 Å². The molecule has 1 fully saturated rings. The third kappa shape index (κ3) is 4.04. The van der Waals surface area contributed by atoms with Crippen molar-refractivity contribution in [2.24, 2.45) is 0 Å². The number of benzene rings is 2. The summed E-state index contributed by atoms with van der Waals surface area (Å²) in [6.07, 6.45) is 3.09. The summed E-state index contributed by atoms with van der Waals surface area (Å²) >= 11 is 2.23. The molecule has 1 saturated heterocycles.